The van der Waals surface area contributed by atoms with Crippen LogP contribution in [0.25, 0.3) is 0 Å². The number of hydrogen-bond acceptors (Lipinski definition) is 2. The fourth-order valence-corrected chi connectivity index (χ4v) is 0.645. The Morgan fingerprint density at radius 3 is 3.12 bits per heavy atom. The second kappa shape index (κ2) is 2.50. The first-order valence-electron chi connectivity index (χ1n) is 2.89. The molecule has 0 radical (unpaired) electrons. The lowest BCUT2D eigenvalue weighted by atomic mass is 10.2. The van der Waals surface area contributed by atoms with E-state index in [2.05, 4.69) is 23.5 Å². The van der Waals surface area contributed by atoms with Gasteiger partial charge in [0.05, 0.1) is 0 Å². The molecule has 0 atom stereocenters. The van der Waals surface area contributed by atoms with Gasteiger partial charge in [0.25, 0.3) is 0 Å². The van der Waals surface area contributed by atoms with E-state index in [9.17, 15) is 0 Å². The molecule has 1 aliphatic heterocycles. The summed E-state index contributed by atoms with van der Waals surface area (Å²) in [7, 11) is 0. The predicted molar refractivity (Wildman–Crippen MR) is 34.6 cm³/mol. The molecular formula is C6H10N2. The van der Waals surface area contributed by atoms with Gasteiger partial charge in [0, 0.05) is 18.3 Å². The highest BCUT2D eigenvalue weighted by Crippen LogP contribution is 1.96. The van der Waals surface area contributed by atoms with E-state index in [-0.39, 0.29) is 0 Å². The molecule has 1 heterocycles. The fraction of sp³-hybridized carbons (Fsp3) is 0.500. The van der Waals surface area contributed by atoms with Crippen LogP contribution in [0.1, 0.15) is 19.8 Å². The molecular weight excluding hydrogens is 100 g/mol. The van der Waals surface area contributed by atoms with Gasteiger partial charge in [-0.05, 0) is 6.42 Å². The Labute approximate surface area is 49.3 Å². The molecule has 0 unspecified atom stereocenters. The molecule has 0 aromatic heterocycles. The van der Waals surface area contributed by atoms with Gasteiger partial charge < -0.3 is 0 Å². The second-order valence-electron chi connectivity index (χ2n) is 1.77. The number of rotatable bonds is 1. The van der Waals surface area contributed by atoms with Crippen molar-refractivity contribution in [3.8, 4) is 0 Å². The van der Waals surface area contributed by atoms with E-state index in [4.69, 9.17) is 0 Å². The van der Waals surface area contributed by atoms with Crippen molar-refractivity contribution >= 4 is 5.71 Å². The number of allylic oxidation sites excluding steroid dienone is 1. The summed E-state index contributed by atoms with van der Waals surface area (Å²) in [6.45, 7) is 2.11. The average Bonchev–Trinajstić information content (AvgIpc) is 1.90. The molecule has 8 heavy (non-hydrogen) atoms. The molecule has 2 heteroatoms. The Bertz CT molecular complexity index is 124. The maximum absolute atomic E-state index is 4.03. The van der Waals surface area contributed by atoms with Crippen molar-refractivity contribution in [3.63, 3.8) is 0 Å². The van der Waals surface area contributed by atoms with Gasteiger partial charge in [-0.25, -0.2) is 0 Å². The molecule has 0 saturated heterocycles. The Balaban J connectivity index is 2.43. The van der Waals surface area contributed by atoms with Gasteiger partial charge in [-0.3, -0.25) is 5.43 Å². The van der Waals surface area contributed by atoms with Gasteiger partial charge in [-0.1, -0.05) is 13.0 Å². The molecule has 0 fully saturated rings. The van der Waals surface area contributed by atoms with Gasteiger partial charge in [0.1, 0.15) is 0 Å². The fourth-order valence-electron chi connectivity index (χ4n) is 0.645. The maximum atomic E-state index is 4.03. The average molecular weight is 110 g/mol. The lowest BCUT2D eigenvalue weighted by Crippen LogP contribution is -2.07. The largest absolute Gasteiger partial charge is 0.286 e. The molecule has 0 spiro atoms. The van der Waals surface area contributed by atoms with Crippen LogP contribution in [0.4, 0.5) is 0 Å². The van der Waals surface area contributed by atoms with Crippen LogP contribution in [-0.2, 0) is 0 Å². The summed E-state index contributed by atoms with van der Waals surface area (Å²) >= 11 is 0. The van der Waals surface area contributed by atoms with Crippen LogP contribution in [0.2, 0.25) is 0 Å². The summed E-state index contributed by atoms with van der Waals surface area (Å²) in [4.78, 5) is 0. The summed E-state index contributed by atoms with van der Waals surface area (Å²) in [6.07, 6.45) is 6.01. The monoisotopic (exact) mass is 110 g/mol. The van der Waals surface area contributed by atoms with E-state index >= 15 is 0 Å². The van der Waals surface area contributed by atoms with E-state index in [0.29, 0.717) is 0 Å². The molecule has 0 bridgehead atoms. The molecule has 1 aliphatic rings. The number of hydrogen-bond donors (Lipinski definition) is 1. The van der Waals surface area contributed by atoms with Gasteiger partial charge in [0.15, 0.2) is 0 Å². The van der Waals surface area contributed by atoms with Crippen molar-refractivity contribution in [2.24, 2.45) is 5.10 Å². The third-order valence-corrected chi connectivity index (χ3v) is 1.18. The van der Waals surface area contributed by atoms with Crippen molar-refractivity contribution in [2.45, 2.75) is 19.8 Å². The first-order chi connectivity index (χ1) is 3.93. The van der Waals surface area contributed by atoms with Crippen LogP contribution in [0.5, 0.6) is 0 Å². The topological polar surface area (TPSA) is 24.4 Å². The molecule has 44 valence electrons. The van der Waals surface area contributed by atoms with Crippen molar-refractivity contribution in [1.82, 2.24) is 5.43 Å². The molecule has 0 saturated carbocycles. The second-order valence-corrected chi connectivity index (χ2v) is 1.77. The minimum Gasteiger partial charge on any atom is -0.286 e. The Morgan fingerprint density at radius 2 is 2.75 bits per heavy atom. The molecule has 1 N–H and O–H groups in total. The summed E-state index contributed by atoms with van der Waals surface area (Å²) < 4.78 is 0. The highest BCUT2D eigenvalue weighted by atomic mass is 15.3. The van der Waals surface area contributed by atoms with E-state index in [1.807, 2.05) is 6.20 Å². The van der Waals surface area contributed by atoms with E-state index < -0.39 is 0 Å². The van der Waals surface area contributed by atoms with Crippen molar-refractivity contribution in [1.29, 1.82) is 0 Å². The molecule has 0 aromatic rings. The lowest BCUT2D eigenvalue weighted by molar-refractivity contribution is 0.916. The zero-order chi connectivity index (χ0) is 5.82. The van der Waals surface area contributed by atoms with E-state index in [1.54, 1.807) is 0 Å². The first-order valence-corrected chi connectivity index (χ1v) is 2.89. The van der Waals surface area contributed by atoms with Crippen LogP contribution in [0.3, 0.4) is 0 Å². The van der Waals surface area contributed by atoms with Crippen molar-refractivity contribution < 1.29 is 0 Å². The molecule has 1 rings (SSSR count). The third kappa shape index (κ3) is 1.09. The normalized spacial score (nSPS) is 17.4. The zero-order valence-corrected chi connectivity index (χ0v) is 5.02. The first kappa shape index (κ1) is 5.35. The van der Waals surface area contributed by atoms with E-state index in [1.165, 1.54) is 5.71 Å². The van der Waals surface area contributed by atoms with Crippen molar-refractivity contribution in [3.05, 3.63) is 12.3 Å². The lowest BCUT2D eigenvalue weighted by Gasteiger charge is -2.03. The van der Waals surface area contributed by atoms with Crippen LogP contribution in [0.15, 0.2) is 17.4 Å². The quantitative estimate of drug-likeness (QED) is 0.540. The van der Waals surface area contributed by atoms with Crippen LogP contribution in [0, 0.1) is 0 Å². The van der Waals surface area contributed by atoms with Crippen LogP contribution < -0.4 is 5.43 Å². The Hall–Kier alpha value is -0.790. The number of hydrazone groups is 1. The number of nitrogens with zero attached hydrogens (tertiary/aromatic N) is 1. The summed E-state index contributed by atoms with van der Waals surface area (Å²) in [5.41, 5.74) is 4.02. The maximum Gasteiger partial charge on any atom is 0.0417 e. The predicted octanol–water partition coefficient (Wildman–Crippen LogP) is 1.26. The molecule has 0 amide bonds. The molecule has 0 aliphatic carbocycles. The van der Waals surface area contributed by atoms with Crippen LogP contribution in [-0.4, -0.2) is 5.71 Å². The van der Waals surface area contributed by atoms with E-state index in [0.717, 1.165) is 12.8 Å². The highest BCUT2D eigenvalue weighted by Gasteiger charge is 1.94. The minimum atomic E-state index is 1.02. The zero-order valence-electron chi connectivity index (χ0n) is 5.02. The Morgan fingerprint density at radius 1 is 1.88 bits per heavy atom. The van der Waals surface area contributed by atoms with Gasteiger partial charge in [-0.2, -0.15) is 5.10 Å². The SMILES string of the molecule is CCC1=NNC=CC1. The van der Waals surface area contributed by atoms with Gasteiger partial charge in [-0.15, -0.1) is 0 Å². The van der Waals surface area contributed by atoms with Crippen molar-refractivity contribution in [2.75, 3.05) is 0 Å². The third-order valence-electron chi connectivity index (χ3n) is 1.18. The van der Waals surface area contributed by atoms with Gasteiger partial charge >= 0.3 is 0 Å². The Kier molecular flexibility index (Phi) is 1.67. The standard InChI is InChI=1S/C6H10N2/c1-2-6-4-3-5-7-8-6/h3,5,7H,2,4H2,1H3. The summed E-state index contributed by atoms with van der Waals surface area (Å²) in [5.74, 6) is 0. The smallest absolute Gasteiger partial charge is 0.0417 e. The highest BCUT2D eigenvalue weighted by molar-refractivity contribution is 5.85. The van der Waals surface area contributed by atoms with Gasteiger partial charge in [0.2, 0.25) is 0 Å². The summed E-state index contributed by atoms with van der Waals surface area (Å²) in [5, 5.41) is 4.03. The molecule has 0 aromatic carbocycles. The summed E-state index contributed by atoms with van der Waals surface area (Å²) in [6, 6.07) is 0. The number of nitrogens with one attached hydrogen (secondary N) is 1. The molecule has 2 nitrogen and oxygen atoms in total. The van der Waals surface area contributed by atoms with Crippen LogP contribution >= 0.6 is 0 Å². The minimum absolute atomic E-state index is 1.02.